The molecule has 0 amide bonds. The average Bonchev–Trinajstić information content (AvgIpc) is 2.21. The monoisotopic (exact) mass is 307 g/mol. The summed E-state index contributed by atoms with van der Waals surface area (Å²) in [5.74, 6) is -0.0395. The van der Waals surface area contributed by atoms with Gasteiger partial charge in [0, 0.05) is 11.1 Å². The molecule has 0 heterocycles. The fourth-order valence-electron chi connectivity index (χ4n) is 1.08. The van der Waals surface area contributed by atoms with E-state index in [1.807, 2.05) is 13.0 Å². The van der Waals surface area contributed by atoms with E-state index < -0.39 is 10.0 Å². The second-order valence-electron chi connectivity index (χ2n) is 3.10. The third-order valence-corrected chi connectivity index (χ3v) is 3.77. The molecule has 1 rings (SSSR count). The molecule has 0 fully saturated rings. The van der Waals surface area contributed by atoms with Gasteiger partial charge in [0.05, 0.1) is 18.0 Å². The van der Waals surface area contributed by atoms with Crippen LogP contribution < -0.4 is 4.72 Å². The number of sulfonamides is 1. The lowest BCUT2D eigenvalue weighted by Crippen LogP contribution is -2.20. The maximum atomic E-state index is 11.6. The minimum Gasteiger partial charge on any atom is -0.381 e. The number of halogens is 1. The first-order valence-electron chi connectivity index (χ1n) is 4.88. The van der Waals surface area contributed by atoms with Gasteiger partial charge in [-0.15, -0.1) is 0 Å². The van der Waals surface area contributed by atoms with Crippen LogP contribution in [0.2, 0.25) is 0 Å². The lowest BCUT2D eigenvalue weighted by atomic mass is 10.3. The number of anilines is 1. The van der Waals surface area contributed by atoms with Crippen LogP contribution in [-0.4, -0.2) is 27.4 Å². The Kier molecular flexibility index (Phi) is 5.24. The normalized spacial score (nSPS) is 11.4. The van der Waals surface area contributed by atoms with Crippen LogP contribution in [0.15, 0.2) is 28.7 Å². The van der Waals surface area contributed by atoms with Crippen molar-refractivity contribution in [2.24, 2.45) is 0 Å². The van der Waals surface area contributed by atoms with E-state index in [4.69, 9.17) is 4.74 Å². The fourth-order valence-corrected chi connectivity index (χ4v) is 2.54. The first-order valence-corrected chi connectivity index (χ1v) is 7.32. The molecule has 0 aliphatic heterocycles. The second kappa shape index (κ2) is 6.22. The van der Waals surface area contributed by atoms with E-state index in [0.29, 0.717) is 12.3 Å². The Bertz CT molecular complexity index is 433. The summed E-state index contributed by atoms with van der Waals surface area (Å²) in [5, 5.41) is 0. The molecule has 0 unspecified atom stereocenters. The van der Waals surface area contributed by atoms with Gasteiger partial charge >= 0.3 is 0 Å². The first kappa shape index (κ1) is 13.5. The van der Waals surface area contributed by atoms with E-state index in [2.05, 4.69) is 20.7 Å². The maximum Gasteiger partial charge on any atom is 0.235 e. The standard InChI is InChI=1S/C10H14BrNO3S/c1-2-15-7-8-16(13,14)12-10-6-4-3-5-9(10)11/h3-6,12H,2,7-8H2,1H3. The molecule has 4 nitrogen and oxygen atoms in total. The van der Waals surface area contributed by atoms with Gasteiger partial charge in [0.1, 0.15) is 0 Å². The van der Waals surface area contributed by atoms with E-state index in [1.165, 1.54) is 0 Å². The van der Waals surface area contributed by atoms with Crippen molar-refractivity contribution in [3.8, 4) is 0 Å². The molecule has 0 aromatic heterocycles. The summed E-state index contributed by atoms with van der Waals surface area (Å²) in [4.78, 5) is 0. The Morgan fingerprint density at radius 1 is 1.38 bits per heavy atom. The van der Waals surface area contributed by atoms with E-state index in [1.54, 1.807) is 18.2 Å². The Labute approximate surface area is 104 Å². The van der Waals surface area contributed by atoms with Crippen LogP contribution in [0.3, 0.4) is 0 Å². The van der Waals surface area contributed by atoms with Gasteiger partial charge in [0.25, 0.3) is 0 Å². The van der Waals surface area contributed by atoms with Crippen molar-refractivity contribution in [1.82, 2.24) is 0 Å². The summed E-state index contributed by atoms with van der Waals surface area (Å²) in [6.45, 7) is 2.55. The quantitative estimate of drug-likeness (QED) is 0.820. The Morgan fingerprint density at radius 2 is 2.06 bits per heavy atom. The van der Waals surface area contributed by atoms with Gasteiger partial charge in [-0.3, -0.25) is 4.72 Å². The fraction of sp³-hybridized carbons (Fsp3) is 0.400. The molecule has 6 heteroatoms. The Balaban J connectivity index is 2.63. The molecule has 1 aromatic carbocycles. The van der Waals surface area contributed by atoms with Crippen molar-refractivity contribution in [2.75, 3.05) is 23.7 Å². The molecule has 1 N–H and O–H groups in total. The van der Waals surface area contributed by atoms with E-state index in [-0.39, 0.29) is 12.4 Å². The third-order valence-electron chi connectivity index (χ3n) is 1.84. The number of nitrogens with one attached hydrogen (secondary N) is 1. The van der Waals surface area contributed by atoms with Crippen molar-refractivity contribution in [3.63, 3.8) is 0 Å². The smallest absolute Gasteiger partial charge is 0.235 e. The number of hydrogen-bond donors (Lipinski definition) is 1. The van der Waals surface area contributed by atoms with E-state index >= 15 is 0 Å². The molecule has 16 heavy (non-hydrogen) atoms. The molecule has 0 radical (unpaired) electrons. The van der Waals surface area contributed by atoms with Gasteiger partial charge in [-0.1, -0.05) is 12.1 Å². The topological polar surface area (TPSA) is 55.4 Å². The predicted molar refractivity (Wildman–Crippen MR) is 68.0 cm³/mol. The third kappa shape index (κ3) is 4.51. The Morgan fingerprint density at radius 3 is 2.69 bits per heavy atom. The second-order valence-corrected chi connectivity index (χ2v) is 5.79. The summed E-state index contributed by atoms with van der Waals surface area (Å²) in [7, 11) is -3.33. The molecule has 0 atom stereocenters. The number of rotatable bonds is 6. The van der Waals surface area contributed by atoms with Gasteiger partial charge in [-0.05, 0) is 35.0 Å². The minimum atomic E-state index is -3.33. The zero-order valence-electron chi connectivity index (χ0n) is 8.94. The summed E-state index contributed by atoms with van der Waals surface area (Å²) >= 11 is 3.27. The molecule has 0 saturated carbocycles. The van der Waals surface area contributed by atoms with Crippen molar-refractivity contribution in [1.29, 1.82) is 0 Å². The zero-order chi connectivity index (χ0) is 12.0. The summed E-state index contributed by atoms with van der Waals surface area (Å²) < 4.78 is 31.4. The molecule has 1 aromatic rings. The highest BCUT2D eigenvalue weighted by Crippen LogP contribution is 2.22. The van der Waals surface area contributed by atoms with Crippen molar-refractivity contribution in [3.05, 3.63) is 28.7 Å². The highest BCUT2D eigenvalue weighted by Gasteiger charge is 2.11. The predicted octanol–water partition coefficient (Wildman–Crippen LogP) is 2.23. The van der Waals surface area contributed by atoms with Crippen molar-refractivity contribution in [2.45, 2.75) is 6.92 Å². The molecule has 90 valence electrons. The van der Waals surface area contributed by atoms with Crippen LogP contribution in [0, 0.1) is 0 Å². The lowest BCUT2D eigenvalue weighted by molar-refractivity contribution is 0.163. The van der Waals surface area contributed by atoms with Gasteiger partial charge in [0.2, 0.25) is 10.0 Å². The molecule has 0 spiro atoms. The van der Waals surface area contributed by atoms with Crippen LogP contribution in [-0.2, 0) is 14.8 Å². The SMILES string of the molecule is CCOCCS(=O)(=O)Nc1ccccc1Br. The van der Waals surface area contributed by atoms with Gasteiger partial charge in [-0.2, -0.15) is 0 Å². The van der Waals surface area contributed by atoms with Gasteiger partial charge < -0.3 is 4.74 Å². The number of ether oxygens (including phenoxy) is 1. The molecule has 0 aliphatic carbocycles. The van der Waals surface area contributed by atoms with Gasteiger partial charge in [0.15, 0.2) is 0 Å². The van der Waals surface area contributed by atoms with Crippen LogP contribution in [0.25, 0.3) is 0 Å². The first-order chi connectivity index (χ1) is 7.55. The highest BCUT2D eigenvalue weighted by atomic mass is 79.9. The van der Waals surface area contributed by atoms with Crippen LogP contribution in [0.4, 0.5) is 5.69 Å². The zero-order valence-corrected chi connectivity index (χ0v) is 11.3. The maximum absolute atomic E-state index is 11.6. The van der Waals surface area contributed by atoms with E-state index in [0.717, 1.165) is 4.47 Å². The average molecular weight is 308 g/mol. The van der Waals surface area contributed by atoms with Crippen LogP contribution in [0.5, 0.6) is 0 Å². The summed E-state index contributed by atoms with van der Waals surface area (Å²) in [6.07, 6.45) is 0. The van der Waals surface area contributed by atoms with Gasteiger partial charge in [-0.25, -0.2) is 8.42 Å². The van der Waals surface area contributed by atoms with Crippen molar-refractivity contribution < 1.29 is 13.2 Å². The summed E-state index contributed by atoms with van der Waals surface area (Å²) in [5.41, 5.74) is 0.541. The lowest BCUT2D eigenvalue weighted by Gasteiger charge is -2.09. The highest BCUT2D eigenvalue weighted by molar-refractivity contribution is 9.10. The number of benzene rings is 1. The molecule has 0 aliphatic rings. The van der Waals surface area contributed by atoms with E-state index in [9.17, 15) is 8.42 Å². The van der Waals surface area contributed by atoms with Crippen LogP contribution >= 0.6 is 15.9 Å². The van der Waals surface area contributed by atoms with Crippen LogP contribution in [0.1, 0.15) is 6.92 Å². The summed E-state index contributed by atoms with van der Waals surface area (Å²) in [6, 6.07) is 7.07. The van der Waals surface area contributed by atoms with Crippen molar-refractivity contribution >= 4 is 31.6 Å². The number of para-hydroxylation sites is 1. The number of hydrogen-bond acceptors (Lipinski definition) is 3. The molecule has 0 bridgehead atoms. The molecule has 0 saturated heterocycles. The minimum absolute atomic E-state index is 0.0395. The molecular weight excluding hydrogens is 294 g/mol. The Hall–Kier alpha value is -0.590. The molecular formula is C10H14BrNO3S. The largest absolute Gasteiger partial charge is 0.381 e.